The quantitative estimate of drug-likeness (QED) is 0.412. The van der Waals surface area contributed by atoms with Crippen molar-refractivity contribution >= 4 is 33.4 Å². The highest BCUT2D eigenvalue weighted by molar-refractivity contribution is 8.00. The highest BCUT2D eigenvalue weighted by atomic mass is 32.2. The summed E-state index contributed by atoms with van der Waals surface area (Å²) in [7, 11) is -3.99. The Kier molecular flexibility index (Phi) is 6.38. The lowest BCUT2D eigenvalue weighted by Gasteiger charge is -2.12. The molecule has 1 heterocycles. The summed E-state index contributed by atoms with van der Waals surface area (Å²) in [5.41, 5.74) is 2.22. The van der Waals surface area contributed by atoms with Crippen LogP contribution in [0.3, 0.4) is 0 Å². The molecule has 1 N–H and O–H groups in total. The van der Waals surface area contributed by atoms with Gasteiger partial charge < -0.3 is 5.32 Å². The van der Waals surface area contributed by atoms with E-state index in [-0.39, 0.29) is 27.5 Å². The van der Waals surface area contributed by atoms with Gasteiger partial charge in [0.2, 0.25) is 11.1 Å². The highest BCUT2D eigenvalue weighted by Gasteiger charge is 2.27. The van der Waals surface area contributed by atoms with E-state index in [4.69, 9.17) is 0 Å². The number of rotatable bonds is 7. The zero-order valence-electron chi connectivity index (χ0n) is 17.2. The standard InChI is InChI=1S/C23H20N4O3S2/c1-17-12-14-20(15-13-17)32(29,30)27-22(18-8-4-2-5-9-18)25-26-23(27)31-16-21(28)24-19-10-6-3-7-11-19/h2-15H,16H2,1H3,(H,24,28). The minimum absolute atomic E-state index is 0.0226. The molecule has 0 saturated heterocycles. The van der Waals surface area contributed by atoms with Crippen LogP contribution in [0.2, 0.25) is 0 Å². The predicted octanol–water partition coefficient (Wildman–Crippen LogP) is 4.22. The molecule has 7 nitrogen and oxygen atoms in total. The van der Waals surface area contributed by atoms with Crippen LogP contribution in [-0.2, 0) is 14.8 Å². The number of anilines is 1. The van der Waals surface area contributed by atoms with Crippen molar-refractivity contribution in [3.63, 3.8) is 0 Å². The molecule has 0 aliphatic heterocycles. The SMILES string of the molecule is Cc1ccc(S(=O)(=O)n2c(SCC(=O)Nc3ccccc3)nnc2-c2ccccc2)cc1. The number of nitrogens with one attached hydrogen (secondary N) is 1. The van der Waals surface area contributed by atoms with Crippen LogP contribution >= 0.6 is 11.8 Å². The fourth-order valence-corrected chi connectivity index (χ4v) is 5.38. The molecule has 0 aliphatic rings. The van der Waals surface area contributed by atoms with E-state index in [0.29, 0.717) is 11.3 Å². The first-order valence-electron chi connectivity index (χ1n) is 9.76. The number of amides is 1. The Bertz CT molecular complexity index is 1320. The average Bonchev–Trinajstić information content (AvgIpc) is 3.24. The number of carbonyl (C=O) groups is 1. The maximum Gasteiger partial charge on any atom is 0.271 e. The zero-order chi connectivity index (χ0) is 22.6. The number of aromatic nitrogens is 3. The van der Waals surface area contributed by atoms with Crippen molar-refractivity contribution in [1.82, 2.24) is 14.2 Å². The fourth-order valence-electron chi connectivity index (χ4n) is 2.99. The molecule has 9 heteroatoms. The number of para-hydroxylation sites is 1. The number of benzene rings is 3. The number of hydrogen-bond acceptors (Lipinski definition) is 6. The molecule has 0 atom stereocenters. The molecule has 0 unspecified atom stereocenters. The van der Waals surface area contributed by atoms with Crippen molar-refractivity contribution in [2.24, 2.45) is 0 Å². The molecule has 32 heavy (non-hydrogen) atoms. The van der Waals surface area contributed by atoms with Gasteiger partial charge in [-0.15, -0.1) is 10.2 Å². The van der Waals surface area contributed by atoms with Gasteiger partial charge in [-0.1, -0.05) is 78.0 Å². The van der Waals surface area contributed by atoms with Gasteiger partial charge in [0.1, 0.15) is 0 Å². The Morgan fingerprint density at radius 2 is 1.53 bits per heavy atom. The lowest BCUT2D eigenvalue weighted by atomic mass is 10.2. The minimum Gasteiger partial charge on any atom is -0.325 e. The number of nitrogens with zero attached hydrogens (tertiary/aromatic N) is 3. The maximum atomic E-state index is 13.5. The molecule has 0 radical (unpaired) electrons. The molecule has 0 fully saturated rings. The number of hydrogen-bond donors (Lipinski definition) is 1. The van der Waals surface area contributed by atoms with Crippen LogP contribution in [0.5, 0.6) is 0 Å². The van der Waals surface area contributed by atoms with E-state index in [1.54, 1.807) is 60.7 Å². The topological polar surface area (TPSA) is 94.0 Å². The number of carbonyl (C=O) groups excluding carboxylic acids is 1. The minimum atomic E-state index is -3.99. The van der Waals surface area contributed by atoms with E-state index in [1.807, 2.05) is 31.2 Å². The second-order valence-corrected chi connectivity index (χ2v) is 9.69. The molecular formula is C23H20N4O3S2. The molecule has 162 valence electrons. The van der Waals surface area contributed by atoms with Gasteiger partial charge in [-0.05, 0) is 31.2 Å². The summed E-state index contributed by atoms with van der Waals surface area (Å²) < 4.78 is 28.2. The summed E-state index contributed by atoms with van der Waals surface area (Å²) in [5.74, 6) is -0.104. The summed E-state index contributed by atoms with van der Waals surface area (Å²) in [4.78, 5) is 12.5. The Morgan fingerprint density at radius 3 is 2.19 bits per heavy atom. The smallest absolute Gasteiger partial charge is 0.271 e. The van der Waals surface area contributed by atoms with E-state index in [2.05, 4.69) is 15.5 Å². The molecule has 1 amide bonds. The third-order valence-electron chi connectivity index (χ3n) is 4.58. The third-order valence-corrected chi connectivity index (χ3v) is 7.32. The Morgan fingerprint density at radius 1 is 0.906 bits per heavy atom. The first-order valence-corrected chi connectivity index (χ1v) is 12.2. The first kappa shape index (κ1) is 21.8. The zero-order valence-corrected chi connectivity index (χ0v) is 18.8. The van der Waals surface area contributed by atoms with Crippen molar-refractivity contribution < 1.29 is 13.2 Å². The van der Waals surface area contributed by atoms with E-state index in [1.165, 1.54) is 0 Å². The molecule has 0 aliphatic carbocycles. The Labute approximate surface area is 190 Å². The van der Waals surface area contributed by atoms with Crippen LogP contribution in [0.1, 0.15) is 5.56 Å². The molecule has 3 aromatic carbocycles. The van der Waals surface area contributed by atoms with Gasteiger partial charge in [-0.2, -0.15) is 3.97 Å². The maximum absolute atomic E-state index is 13.5. The number of thioether (sulfide) groups is 1. The van der Waals surface area contributed by atoms with Crippen molar-refractivity contribution in [2.45, 2.75) is 17.0 Å². The molecule has 4 rings (SSSR count). The highest BCUT2D eigenvalue weighted by Crippen LogP contribution is 2.29. The summed E-state index contributed by atoms with van der Waals surface area (Å²) in [6.07, 6.45) is 0. The van der Waals surface area contributed by atoms with Gasteiger partial charge >= 0.3 is 0 Å². The van der Waals surface area contributed by atoms with Crippen molar-refractivity contribution in [3.05, 3.63) is 90.5 Å². The van der Waals surface area contributed by atoms with Crippen LogP contribution in [0.4, 0.5) is 5.69 Å². The molecule has 4 aromatic rings. The summed E-state index contributed by atoms with van der Waals surface area (Å²) in [6, 6.07) is 24.6. The van der Waals surface area contributed by atoms with Crippen LogP contribution in [0, 0.1) is 6.92 Å². The second-order valence-electron chi connectivity index (χ2n) is 6.96. The van der Waals surface area contributed by atoms with Crippen LogP contribution in [0.15, 0.2) is 95.0 Å². The molecule has 0 saturated carbocycles. The van der Waals surface area contributed by atoms with E-state index < -0.39 is 10.0 Å². The van der Waals surface area contributed by atoms with Gasteiger partial charge in [0.25, 0.3) is 10.0 Å². The second kappa shape index (κ2) is 9.37. The van der Waals surface area contributed by atoms with E-state index in [9.17, 15) is 13.2 Å². The van der Waals surface area contributed by atoms with Gasteiger partial charge in [0.05, 0.1) is 10.6 Å². The molecular weight excluding hydrogens is 444 g/mol. The summed E-state index contributed by atoms with van der Waals surface area (Å²) in [6.45, 7) is 1.89. The molecule has 1 aromatic heterocycles. The Balaban J connectivity index is 1.68. The third kappa shape index (κ3) is 4.74. The molecule has 0 bridgehead atoms. The lowest BCUT2D eigenvalue weighted by molar-refractivity contribution is -0.113. The lowest BCUT2D eigenvalue weighted by Crippen LogP contribution is -2.18. The van der Waals surface area contributed by atoms with Gasteiger partial charge in [-0.25, -0.2) is 8.42 Å². The first-order chi connectivity index (χ1) is 15.4. The summed E-state index contributed by atoms with van der Waals surface area (Å²) >= 11 is 1.01. The van der Waals surface area contributed by atoms with E-state index in [0.717, 1.165) is 21.3 Å². The Hall–Kier alpha value is -3.43. The van der Waals surface area contributed by atoms with Crippen LogP contribution in [-0.4, -0.2) is 34.2 Å². The largest absolute Gasteiger partial charge is 0.325 e. The van der Waals surface area contributed by atoms with Gasteiger partial charge in [-0.3, -0.25) is 4.79 Å². The van der Waals surface area contributed by atoms with Gasteiger partial charge in [0, 0.05) is 11.3 Å². The monoisotopic (exact) mass is 464 g/mol. The van der Waals surface area contributed by atoms with Crippen LogP contribution in [0.25, 0.3) is 11.4 Å². The summed E-state index contributed by atoms with van der Waals surface area (Å²) in [5, 5.41) is 11.1. The van der Waals surface area contributed by atoms with E-state index >= 15 is 0 Å². The fraction of sp³-hybridized carbons (Fsp3) is 0.0870. The van der Waals surface area contributed by atoms with Crippen molar-refractivity contribution in [3.8, 4) is 11.4 Å². The molecule has 0 spiro atoms. The van der Waals surface area contributed by atoms with Crippen molar-refractivity contribution in [1.29, 1.82) is 0 Å². The van der Waals surface area contributed by atoms with Gasteiger partial charge in [0.15, 0.2) is 5.82 Å². The van der Waals surface area contributed by atoms with Crippen LogP contribution < -0.4 is 5.32 Å². The van der Waals surface area contributed by atoms with Crippen molar-refractivity contribution in [2.75, 3.05) is 11.1 Å². The normalized spacial score (nSPS) is 11.3. The average molecular weight is 465 g/mol. The number of aryl methyl sites for hydroxylation is 1. The predicted molar refractivity (Wildman–Crippen MR) is 125 cm³/mol.